The molecular formula is C16H24FNO3. The minimum atomic E-state index is -0.814. The molecule has 1 aromatic rings. The minimum absolute atomic E-state index is 0.00916. The van der Waals surface area contributed by atoms with Gasteiger partial charge in [-0.3, -0.25) is 4.79 Å². The summed E-state index contributed by atoms with van der Waals surface area (Å²) in [5.74, 6) is -0.777. The van der Waals surface area contributed by atoms with E-state index in [1.165, 1.54) is 12.1 Å². The molecule has 0 bridgehead atoms. The number of aliphatic hydroxyl groups is 1. The fourth-order valence-corrected chi connectivity index (χ4v) is 1.92. The molecule has 0 aromatic heterocycles. The van der Waals surface area contributed by atoms with E-state index in [1.807, 2.05) is 20.8 Å². The van der Waals surface area contributed by atoms with Crippen molar-refractivity contribution in [2.75, 3.05) is 6.61 Å². The molecule has 1 rings (SSSR count). The number of benzene rings is 1. The van der Waals surface area contributed by atoms with Gasteiger partial charge in [0.15, 0.2) is 17.7 Å². The number of halogens is 1. The Morgan fingerprint density at radius 1 is 1.38 bits per heavy atom. The van der Waals surface area contributed by atoms with Crippen molar-refractivity contribution in [3.8, 4) is 5.75 Å². The van der Waals surface area contributed by atoms with E-state index in [1.54, 1.807) is 19.1 Å². The van der Waals surface area contributed by atoms with Gasteiger partial charge in [-0.15, -0.1) is 0 Å². The van der Waals surface area contributed by atoms with Gasteiger partial charge >= 0.3 is 0 Å². The molecule has 0 aliphatic rings. The third-order valence-corrected chi connectivity index (χ3v) is 3.29. The van der Waals surface area contributed by atoms with E-state index < -0.39 is 11.9 Å². The molecule has 21 heavy (non-hydrogen) atoms. The van der Waals surface area contributed by atoms with Crippen LogP contribution in [0.15, 0.2) is 24.3 Å². The molecule has 5 heteroatoms. The number of amides is 1. The minimum Gasteiger partial charge on any atom is -0.478 e. The first kappa shape index (κ1) is 17.4. The highest BCUT2D eigenvalue weighted by molar-refractivity contribution is 5.81. The average Bonchev–Trinajstić information content (AvgIpc) is 2.39. The quantitative estimate of drug-likeness (QED) is 0.848. The van der Waals surface area contributed by atoms with E-state index in [2.05, 4.69) is 5.32 Å². The maximum absolute atomic E-state index is 13.5. The molecule has 0 aliphatic heterocycles. The average molecular weight is 297 g/mol. The van der Waals surface area contributed by atoms with Gasteiger partial charge in [0.05, 0.1) is 0 Å². The predicted molar refractivity (Wildman–Crippen MR) is 79.6 cm³/mol. The molecule has 2 N–H and O–H groups in total. The Labute approximate surface area is 125 Å². The first-order chi connectivity index (χ1) is 9.75. The summed E-state index contributed by atoms with van der Waals surface area (Å²) in [6, 6.07) is 5.79. The van der Waals surface area contributed by atoms with Crippen molar-refractivity contribution in [2.24, 2.45) is 5.41 Å². The summed E-state index contributed by atoms with van der Waals surface area (Å²) >= 11 is 0. The van der Waals surface area contributed by atoms with Gasteiger partial charge in [0.1, 0.15) is 0 Å². The highest BCUT2D eigenvalue weighted by Gasteiger charge is 2.28. The largest absolute Gasteiger partial charge is 0.478 e. The molecule has 4 nitrogen and oxygen atoms in total. The number of para-hydroxylation sites is 1. The lowest BCUT2D eigenvalue weighted by molar-refractivity contribution is -0.129. The summed E-state index contributed by atoms with van der Waals surface area (Å²) in [6.07, 6.45) is -0.354. The Balaban J connectivity index is 2.67. The van der Waals surface area contributed by atoms with Gasteiger partial charge in [-0.1, -0.05) is 32.9 Å². The smallest absolute Gasteiger partial charge is 0.261 e. The lowest BCUT2D eigenvalue weighted by Crippen LogP contribution is -2.48. The van der Waals surface area contributed by atoms with Crippen LogP contribution in [0.2, 0.25) is 0 Å². The van der Waals surface area contributed by atoms with Crippen molar-refractivity contribution < 1.29 is 19.0 Å². The number of ether oxygens (including phenoxy) is 1. The van der Waals surface area contributed by atoms with E-state index in [0.717, 1.165) is 0 Å². The monoisotopic (exact) mass is 297 g/mol. The van der Waals surface area contributed by atoms with Crippen LogP contribution in [0.5, 0.6) is 5.75 Å². The molecule has 0 radical (unpaired) electrons. The molecule has 1 aromatic carbocycles. The maximum atomic E-state index is 13.5. The van der Waals surface area contributed by atoms with Crippen molar-refractivity contribution in [2.45, 2.75) is 46.3 Å². The normalized spacial score (nSPS) is 14.4. The predicted octanol–water partition coefficient (Wildman–Crippen LogP) is 2.51. The summed E-state index contributed by atoms with van der Waals surface area (Å²) in [5, 5.41) is 11.9. The van der Waals surface area contributed by atoms with Crippen LogP contribution in [0.4, 0.5) is 4.39 Å². The second-order valence-electron chi connectivity index (χ2n) is 6.13. The first-order valence-corrected chi connectivity index (χ1v) is 7.08. The Morgan fingerprint density at radius 2 is 2.00 bits per heavy atom. The highest BCUT2D eigenvalue weighted by Crippen LogP contribution is 2.22. The van der Waals surface area contributed by atoms with Gasteiger partial charge in [-0.2, -0.15) is 0 Å². The fraction of sp³-hybridized carbons (Fsp3) is 0.562. The van der Waals surface area contributed by atoms with E-state index in [0.29, 0.717) is 6.42 Å². The zero-order chi connectivity index (χ0) is 16.0. The maximum Gasteiger partial charge on any atom is 0.261 e. The SMILES string of the molecule is CC(Oc1ccccc1F)C(=O)NC(CCO)C(C)(C)C. The van der Waals surface area contributed by atoms with E-state index in [4.69, 9.17) is 9.84 Å². The number of aliphatic hydroxyl groups excluding tert-OH is 1. The van der Waals surface area contributed by atoms with Crippen LogP contribution >= 0.6 is 0 Å². The van der Waals surface area contributed by atoms with Gasteiger partial charge in [0.25, 0.3) is 5.91 Å². The van der Waals surface area contributed by atoms with Crippen molar-refractivity contribution >= 4 is 5.91 Å². The van der Waals surface area contributed by atoms with Crippen LogP contribution in [0.25, 0.3) is 0 Å². The van der Waals surface area contributed by atoms with Crippen molar-refractivity contribution in [1.29, 1.82) is 0 Å². The summed E-state index contributed by atoms with van der Waals surface area (Å²) < 4.78 is 18.8. The van der Waals surface area contributed by atoms with Gasteiger partial charge in [-0.05, 0) is 30.9 Å². The van der Waals surface area contributed by atoms with Crippen LogP contribution in [0.3, 0.4) is 0 Å². The van der Waals surface area contributed by atoms with Crippen LogP contribution in [0.1, 0.15) is 34.1 Å². The van der Waals surface area contributed by atoms with E-state index in [-0.39, 0.29) is 29.7 Å². The van der Waals surface area contributed by atoms with Gasteiger partial charge in [0, 0.05) is 12.6 Å². The lowest BCUT2D eigenvalue weighted by atomic mass is 9.85. The molecule has 1 amide bonds. The summed E-state index contributed by atoms with van der Waals surface area (Å²) in [4.78, 5) is 12.2. The fourth-order valence-electron chi connectivity index (χ4n) is 1.92. The molecule has 0 saturated carbocycles. The van der Waals surface area contributed by atoms with Gasteiger partial charge in [0.2, 0.25) is 0 Å². The topological polar surface area (TPSA) is 58.6 Å². The number of hydrogen-bond acceptors (Lipinski definition) is 3. The molecule has 0 saturated heterocycles. The second kappa shape index (κ2) is 7.41. The zero-order valence-corrected chi connectivity index (χ0v) is 13.0. The van der Waals surface area contributed by atoms with Crippen LogP contribution < -0.4 is 10.1 Å². The Morgan fingerprint density at radius 3 is 2.52 bits per heavy atom. The number of carbonyl (C=O) groups excluding carboxylic acids is 1. The van der Waals surface area contributed by atoms with Gasteiger partial charge < -0.3 is 15.2 Å². The molecule has 0 spiro atoms. The van der Waals surface area contributed by atoms with E-state index >= 15 is 0 Å². The molecule has 118 valence electrons. The molecule has 2 atom stereocenters. The van der Waals surface area contributed by atoms with Crippen molar-refractivity contribution in [3.63, 3.8) is 0 Å². The molecule has 0 fully saturated rings. The molecule has 2 unspecified atom stereocenters. The Kier molecular flexibility index (Phi) is 6.15. The van der Waals surface area contributed by atoms with Gasteiger partial charge in [-0.25, -0.2) is 4.39 Å². The number of rotatable bonds is 6. The lowest BCUT2D eigenvalue weighted by Gasteiger charge is -2.32. The summed E-state index contributed by atoms with van der Waals surface area (Å²) in [5.41, 5.74) is -0.184. The molecule has 0 aliphatic carbocycles. The third-order valence-electron chi connectivity index (χ3n) is 3.29. The third kappa shape index (κ3) is 5.34. The second-order valence-corrected chi connectivity index (χ2v) is 6.13. The Hall–Kier alpha value is -1.62. The molecular weight excluding hydrogens is 273 g/mol. The standard InChI is InChI=1S/C16H24FNO3/c1-11(21-13-8-6-5-7-12(13)17)15(20)18-14(9-10-19)16(2,3)4/h5-8,11,14,19H,9-10H2,1-4H3,(H,18,20). The first-order valence-electron chi connectivity index (χ1n) is 7.08. The summed E-state index contributed by atoms with van der Waals surface area (Å²) in [6.45, 7) is 7.51. The molecule has 0 heterocycles. The summed E-state index contributed by atoms with van der Waals surface area (Å²) in [7, 11) is 0. The van der Waals surface area contributed by atoms with E-state index in [9.17, 15) is 9.18 Å². The Bertz CT molecular complexity index is 471. The van der Waals surface area contributed by atoms with Crippen molar-refractivity contribution in [1.82, 2.24) is 5.32 Å². The van der Waals surface area contributed by atoms with Crippen LogP contribution in [0, 0.1) is 11.2 Å². The number of nitrogens with one attached hydrogen (secondary N) is 1. The number of carbonyl (C=O) groups is 1. The number of hydrogen-bond donors (Lipinski definition) is 2. The zero-order valence-electron chi connectivity index (χ0n) is 13.0. The van der Waals surface area contributed by atoms with Crippen LogP contribution in [-0.2, 0) is 4.79 Å². The van der Waals surface area contributed by atoms with Crippen LogP contribution in [-0.4, -0.2) is 29.8 Å². The highest BCUT2D eigenvalue weighted by atomic mass is 19.1. The van der Waals surface area contributed by atoms with Crippen molar-refractivity contribution in [3.05, 3.63) is 30.1 Å².